The largest absolute Gasteiger partial charge is 0.481 e. The van der Waals surface area contributed by atoms with Gasteiger partial charge in [0, 0.05) is 6.42 Å². The molecule has 0 atom stereocenters. The molecule has 20 heavy (non-hydrogen) atoms. The molecule has 0 bridgehead atoms. The standard InChI is InChI=1S/C18H18O2/c1-12-6-8-17-15-5-3-2-4-13(15)7-9-16(17)14(12)10-11-18(19)20/h2-5,7,9H,6,8,10-11H2,1H3,(H,19,20). The van der Waals surface area contributed by atoms with Gasteiger partial charge in [-0.05, 0) is 53.7 Å². The third kappa shape index (κ3) is 2.22. The van der Waals surface area contributed by atoms with Gasteiger partial charge < -0.3 is 5.11 Å². The highest BCUT2D eigenvalue weighted by Crippen LogP contribution is 2.37. The summed E-state index contributed by atoms with van der Waals surface area (Å²) in [5.74, 6) is -0.724. The van der Waals surface area contributed by atoms with Crippen LogP contribution in [-0.4, -0.2) is 11.1 Å². The number of carboxylic acid groups (broad SMARTS) is 1. The van der Waals surface area contributed by atoms with Crippen LogP contribution in [0.4, 0.5) is 0 Å². The predicted molar refractivity (Wildman–Crippen MR) is 81.7 cm³/mol. The second-order valence-corrected chi connectivity index (χ2v) is 5.47. The average Bonchev–Trinajstić information content (AvgIpc) is 2.45. The average molecular weight is 266 g/mol. The number of allylic oxidation sites excluding steroid dienone is 2. The molecule has 1 aliphatic carbocycles. The lowest BCUT2D eigenvalue weighted by Gasteiger charge is -2.23. The summed E-state index contributed by atoms with van der Waals surface area (Å²) in [4.78, 5) is 10.9. The predicted octanol–water partition coefficient (Wildman–Crippen LogP) is 4.42. The number of benzene rings is 2. The summed E-state index contributed by atoms with van der Waals surface area (Å²) >= 11 is 0. The van der Waals surface area contributed by atoms with Crippen molar-refractivity contribution >= 4 is 22.3 Å². The molecule has 2 aromatic carbocycles. The van der Waals surface area contributed by atoms with Crippen LogP contribution in [0.25, 0.3) is 16.3 Å². The number of hydrogen-bond donors (Lipinski definition) is 1. The van der Waals surface area contributed by atoms with E-state index in [2.05, 4.69) is 43.3 Å². The zero-order valence-corrected chi connectivity index (χ0v) is 11.6. The molecule has 0 aromatic heterocycles. The molecule has 0 spiro atoms. The summed E-state index contributed by atoms with van der Waals surface area (Å²) in [6, 6.07) is 12.8. The number of fused-ring (bicyclic) bond motifs is 3. The molecule has 0 radical (unpaired) electrons. The van der Waals surface area contributed by atoms with E-state index in [-0.39, 0.29) is 6.42 Å². The third-order valence-corrected chi connectivity index (χ3v) is 4.22. The Morgan fingerprint density at radius 3 is 2.75 bits per heavy atom. The van der Waals surface area contributed by atoms with Crippen LogP contribution in [0, 0.1) is 0 Å². The van der Waals surface area contributed by atoms with Gasteiger partial charge in [-0.3, -0.25) is 4.79 Å². The lowest BCUT2D eigenvalue weighted by atomic mass is 9.82. The van der Waals surface area contributed by atoms with Gasteiger partial charge in [0.05, 0.1) is 0 Å². The van der Waals surface area contributed by atoms with E-state index in [1.165, 1.54) is 33.0 Å². The first-order valence-electron chi connectivity index (χ1n) is 7.08. The minimum absolute atomic E-state index is 0.207. The SMILES string of the molecule is CC1=C(CCC(=O)O)c2ccc3ccccc3c2CC1. The van der Waals surface area contributed by atoms with Crippen LogP contribution >= 0.6 is 0 Å². The van der Waals surface area contributed by atoms with Crippen molar-refractivity contribution in [2.45, 2.75) is 32.6 Å². The van der Waals surface area contributed by atoms with E-state index in [9.17, 15) is 4.79 Å². The maximum atomic E-state index is 10.9. The Labute approximate surface area is 118 Å². The lowest BCUT2D eigenvalue weighted by molar-refractivity contribution is -0.136. The van der Waals surface area contributed by atoms with E-state index >= 15 is 0 Å². The Bertz CT molecular complexity index is 710. The van der Waals surface area contributed by atoms with E-state index in [1.54, 1.807) is 0 Å². The van der Waals surface area contributed by atoms with Crippen LogP contribution in [0.5, 0.6) is 0 Å². The van der Waals surface area contributed by atoms with Gasteiger partial charge in [0.1, 0.15) is 0 Å². The van der Waals surface area contributed by atoms with Crippen LogP contribution in [-0.2, 0) is 11.2 Å². The number of hydrogen-bond acceptors (Lipinski definition) is 1. The summed E-state index contributed by atoms with van der Waals surface area (Å²) in [7, 11) is 0. The molecule has 3 rings (SSSR count). The number of aryl methyl sites for hydroxylation is 1. The Kier molecular flexibility index (Phi) is 3.31. The molecule has 2 aromatic rings. The van der Waals surface area contributed by atoms with Crippen molar-refractivity contribution in [3.05, 3.63) is 53.1 Å². The highest BCUT2D eigenvalue weighted by atomic mass is 16.4. The Balaban J connectivity index is 2.11. The van der Waals surface area contributed by atoms with Crippen LogP contribution in [0.15, 0.2) is 42.0 Å². The molecule has 0 unspecified atom stereocenters. The second kappa shape index (κ2) is 5.12. The second-order valence-electron chi connectivity index (χ2n) is 5.47. The van der Waals surface area contributed by atoms with E-state index < -0.39 is 5.97 Å². The van der Waals surface area contributed by atoms with Gasteiger partial charge in [-0.25, -0.2) is 0 Å². The molecule has 102 valence electrons. The topological polar surface area (TPSA) is 37.3 Å². The Morgan fingerprint density at radius 2 is 1.95 bits per heavy atom. The van der Waals surface area contributed by atoms with Crippen molar-refractivity contribution < 1.29 is 9.90 Å². The number of rotatable bonds is 3. The molecule has 0 saturated carbocycles. The van der Waals surface area contributed by atoms with Crippen molar-refractivity contribution in [2.75, 3.05) is 0 Å². The summed E-state index contributed by atoms with van der Waals surface area (Å²) in [5, 5.41) is 11.5. The van der Waals surface area contributed by atoms with Crippen LogP contribution < -0.4 is 0 Å². The zero-order chi connectivity index (χ0) is 14.1. The van der Waals surface area contributed by atoms with Crippen LogP contribution in [0.2, 0.25) is 0 Å². The molecule has 1 N–H and O–H groups in total. The number of carbonyl (C=O) groups is 1. The number of aliphatic carboxylic acids is 1. The summed E-state index contributed by atoms with van der Waals surface area (Å²) < 4.78 is 0. The van der Waals surface area contributed by atoms with Crippen LogP contribution in [0.1, 0.15) is 37.3 Å². The summed E-state index contributed by atoms with van der Waals surface area (Å²) in [6.45, 7) is 2.13. The zero-order valence-electron chi connectivity index (χ0n) is 11.6. The van der Waals surface area contributed by atoms with Gasteiger partial charge >= 0.3 is 5.97 Å². The quantitative estimate of drug-likeness (QED) is 0.892. The van der Waals surface area contributed by atoms with E-state index in [0.29, 0.717) is 6.42 Å². The van der Waals surface area contributed by atoms with Gasteiger partial charge in [-0.1, -0.05) is 42.0 Å². The minimum atomic E-state index is -0.724. The van der Waals surface area contributed by atoms with Crippen molar-refractivity contribution in [1.82, 2.24) is 0 Å². The van der Waals surface area contributed by atoms with Gasteiger partial charge in [-0.2, -0.15) is 0 Å². The van der Waals surface area contributed by atoms with Gasteiger partial charge in [0.25, 0.3) is 0 Å². The van der Waals surface area contributed by atoms with Crippen molar-refractivity contribution in [3.63, 3.8) is 0 Å². The minimum Gasteiger partial charge on any atom is -0.481 e. The van der Waals surface area contributed by atoms with E-state index in [0.717, 1.165) is 12.8 Å². The fraction of sp³-hybridized carbons (Fsp3) is 0.278. The monoisotopic (exact) mass is 266 g/mol. The normalized spacial score (nSPS) is 14.4. The molecule has 2 nitrogen and oxygen atoms in total. The first kappa shape index (κ1) is 12.9. The van der Waals surface area contributed by atoms with E-state index in [4.69, 9.17) is 5.11 Å². The first-order chi connectivity index (χ1) is 9.66. The summed E-state index contributed by atoms with van der Waals surface area (Å²) in [6.07, 6.45) is 2.93. The maximum Gasteiger partial charge on any atom is 0.303 e. The van der Waals surface area contributed by atoms with Crippen molar-refractivity contribution in [3.8, 4) is 0 Å². The molecular formula is C18H18O2. The molecule has 1 aliphatic rings. The molecule has 0 amide bonds. The van der Waals surface area contributed by atoms with E-state index in [1.807, 2.05) is 0 Å². The Hall–Kier alpha value is -2.09. The molecule has 0 fully saturated rings. The lowest BCUT2D eigenvalue weighted by Crippen LogP contribution is -2.06. The number of carboxylic acids is 1. The van der Waals surface area contributed by atoms with Crippen molar-refractivity contribution in [1.29, 1.82) is 0 Å². The highest BCUT2D eigenvalue weighted by molar-refractivity contribution is 5.92. The first-order valence-corrected chi connectivity index (χ1v) is 7.08. The molecular weight excluding hydrogens is 248 g/mol. The van der Waals surface area contributed by atoms with Gasteiger partial charge in [0.15, 0.2) is 0 Å². The van der Waals surface area contributed by atoms with Crippen molar-refractivity contribution in [2.24, 2.45) is 0 Å². The highest BCUT2D eigenvalue weighted by Gasteiger charge is 2.18. The van der Waals surface area contributed by atoms with Crippen LogP contribution in [0.3, 0.4) is 0 Å². The fourth-order valence-electron chi connectivity index (χ4n) is 3.16. The molecule has 0 saturated heterocycles. The van der Waals surface area contributed by atoms with Gasteiger partial charge in [-0.15, -0.1) is 0 Å². The molecule has 0 aliphatic heterocycles. The Morgan fingerprint density at radius 1 is 1.15 bits per heavy atom. The fourth-order valence-corrected chi connectivity index (χ4v) is 3.16. The van der Waals surface area contributed by atoms with Gasteiger partial charge in [0.2, 0.25) is 0 Å². The molecule has 0 heterocycles. The third-order valence-electron chi connectivity index (χ3n) is 4.22. The maximum absolute atomic E-state index is 10.9. The smallest absolute Gasteiger partial charge is 0.303 e. The summed E-state index contributed by atoms with van der Waals surface area (Å²) in [5.41, 5.74) is 5.22. The molecule has 2 heteroatoms.